The lowest BCUT2D eigenvalue weighted by Gasteiger charge is -2.06. The highest BCUT2D eigenvalue weighted by atomic mass is 32.1. The zero-order valence-electron chi connectivity index (χ0n) is 13.1. The molecule has 0 radical (unpaired) electrons. The summed E-state index contributed by atoms with van der Waals surface area (Å²) < 4.78 is 0. The fraction of sp³-hybridized carbons (Fsp3) is 0.235. The Bertz CT molecular complexity index is 704. The van der Waals surface area contributed by atoms with Crippen molar-refractivity contribution < 1.29 is 9.59 Å². The summed E-state index contributed by atoms with van der Waals surface area (Å²) in [4.78, 5) is 24.1. The van der Waals surface area contributed by atoms with E-state index in [1.54, 1.807) is 25.3 Å². The van der Waals surface area contributed by atoms with Crippen LogP contribution in [0.1, 0.15) is 36.2 Å². The summed E-state index contributed by atoms with van der Waals surface area (Å²) in [7, 11) is 0. The van der Waals surface area contributed by atoms with E-state index in [0.29, 0.717) is 23.4 Å². The number of hydrazone groups is 1. The normalized spacial score (nSPS) is 10.0. The molecule has 0 aliphatic rings. The van der Waals surface area contributed by atoms with Gasteiger partial charge in [0, 0.05) is 12.1 Å². The predicted molar refractivity (Wildman–Crippen MR) is 94.0 cm³/mol. The molecular weight excluding hydrogens is 310 g/mol. The molecule has 0 saturated heterocycles. The molecule has 1 aromatic carbocycles. The van der Waals surface area contributed by atoms with Crippen LogP contribution in [-0.2, 0) is 11.2 Å². The van der Waals surface area contributed by atoms with Crippen molar-refractivity contribution in [2.24, 2.45) is 5.10 Å². The molecule has 2 rings (SSSR count). The van der Waals surface area contributed by atoms with E-state index in [1.807, 2.05) is 30.3 Å². The molecule has 1 aromatic heterocycles. The van der Waals surface area contributed by atoms with Crippen LogP contribution in [0.3, 0.4) is 0 Å². The highest BCUT2D eigenvalue weighted by Gasteiger charge is 2.14. The first-order chi connectivity index (χ1) is 11.1. The van der Waals surface area contributed by atoms with Crippen molar-refractivity contribution in [3.8, 4) is 0 Å². The molecule has 2 amide bonds. The van der Waals surface area contributed by atoms with Gasteiger partial charge in [-0.3, -0.25) is 9.59 Å². The molecule has 6 heteroatoms. The molecule has 120 valence electrons. The number of thiophene rings is 1. The molecule has 23 heavy (non-hydrogen) atoms. The van der Waals surface area contributed by atoms with Crippen LogP contribution in [0.4, 0.5) is 5.00 Å². The Morgan fingerprint density at radius 3 is 2.57 bits per heavy atom. The van der Waals surface area contributed by atoms with E-state index in [1.165, 1.54) is 11.3 Å². The maximum Gasteiger partial charge on any atom is 0.274 e. The van der Waals surface area contributed by atoms with E-state index in [9.17, 15) is 9.59 Å². The van der Waals surface area contributed by atoms with Crippen LogP contribution in [0.2, 0.25) is 0 Å². The van der Waals surface area contributed by atoms with Gasteiger partial charge in [-0.25, -0.2) is 5.43 Å². The zero-order chi connectivity index (χ0) is 16.7. The molecule has 0 unspecified atom stereocenters. The fourth-order valence-electron chi connectivity index (χ4n) is 1.90. The number of carbonyl (C=O) groups excluding carboxylic acids is 2. The van der Waals surface area contributed by atoms with Gasteiger partial charge in [0.2, 0.25) is 5.91 Å². The van der Waals surface area contributed by atoms with Crippen LogP contribution in [0.5, 0.6) is 0 Å². The lowest BCUT2D eigenvalue weighted by atomic mass is 10.1. The monoisotopic (exact) mass is 329 g/mol. The van der Waals surface area contributed by atoms with Crippen molar-refractivity contribution >= 4 is 33.9 Å². The van der Waals surface area contributed by atoms with E-state index < -0.39 is 0 Å². The van der Waals surface area contributed by atoms with E-state index in [2.05, 4.69) is 15.8 Å². The number of aryl methyl sites for hydroxylation is 1. The number of carbonyl (C=O) groups is 2. The first-order valence-corrected chi connectivity index (χ1v) is 8.16. The molecule has 0 aliphatic heterocycles. The van der Waals surface area contributed by atoms with E-state index >= 15 is 0 Å². The zero-order valence-corrected chi connectivity index (χ0v) is 13.9. The molecule has 5 nitrogen and oxygen atoms in total. The Balaban J connectivity index is 1.93. The van der Waals surface area contributed by atoms with Crippen molar-refractivity contribution in [1.29, 1.82) is 0 Å². The largest absolute Gasteiger partial charge is 0.317 e. The van der Waals surface area contributed by atoms with Crippen LogP contribution in [0.15, 0.2) is 46.9 Å². The number of hydrogen-bond donors (Lipinski definition) is 2. The Morgan fingerprint density at radius 2 is 1.87 bits per heavy atom. The van der Waals surface area contributed by atoms with Crippen LogP contribution in [0, 0.1) is 0 Å². The average Bonchev–Trinajstić information content (AvgIpc) is 2.99. The average molecular weight is 329 g/mol. The summed E-state index contributed by atoms with van der Waals surface area (Å²) in [6, 6.07) is 11.5. The van der Waals surface area contributed by atoms with E-state index in [0.717, 1.165) is 11.3 Å². The minimum atomic E-state index is -0.328. The van der Waals surface area contributed by atoms with Crippen molar-refractivity contribution in [1.82, 2.24) is 5.43 Å². The highest BCUT2D eigenvalue weighted by molar-refractivity contribution is 7.14. The summed E-state index contributed by atoms with van der Waals surface area (Å²) in [5.41, 5.74) is 4.75. The standard InChI is InChI=1S/C17H19N3O2S/c1-12(2)19-20-16(22)14-10-11-23-17(14)18-15(21)9-8-13-6-4-3-5-7-13/h3-7,10-11H,8-9H2,1-2H3,(H,18,21)(H,20,22). The third-order valence-electron chi connectivity index (χ3n) is 3.03. The van der Waals surface area contributed by atoms with Gasteiger partial charge in [-0.05, 0) is 37.3 Å². The van der Waals surface area contributed by atoms with Gasteiger partial charge in [0.1, 0.15) is 5.00 Å². The van der Waals surface area contributed by atoms with Gasteiger partial charge in [-0.2, -0.15) is 5.10 Å². The van der Waals surface area contributed by atoms with Gasteiger partial charge in [0.25, 0.3) is 5.91 Å². The number of nitrogens with zero attached hydrogens (tertiary/aromatic N) is 1. The van der Waals surface area contributed by atoms with Crippen molar-refractivity contribution in [2.45, 2.75) is 26.7 Å². The lowest BCUT2D eigenvalue weighted by Crippen LogP contribution is -2.20. The Hall–Kier alpha value is -2.47. The summed E-state index contributed by atoms with van der Waals surface area (Å²) in [5.74, 6) is -0.439. The van der Waals surface area contributed by atoms with E-state index in [4.69, 9.17) is 0 Å². The number of hydrogen-bond acceptors (Lipinski definition) is 4. The molecule has 0 saturated carbocycles. The van der Waals surface area contributed by atoms with Crippen molar-refractivity contribution in [3.05, 3.63) is 52.9 Å². The maximum absolute atomic E-state index is 12.1. The van der Waals surface area contributed by atoms with Gasteiger partial charge < -0.3 is 5.32 Å². The predicted octanol–water partition coefficient (Wildman–Crippen LogP) is 3.45. The summed E-state index contributed by atoms with van der Waals surface area (Å²) in [6.07, 6.45) is 1.04. The molecule has 1 heterocycles. The lowest BCUT2D eigenvalue weighted by molar-refractivity contribution is -0.116. The van der Waals surface area contributed by atoms with Gasteiger partial charge in [-0.1, -0.05) is 30.3 Å². The number of amides is 2. The second-order valence-corrected chi connectivity index (χ2v) is 6.11. The molecule has 2 N–H and O–H groups in total. The first-order valence-electron chi connectivity index (χ1n) is 7.29. The van der Waals surface area contributed by atoms with E-state index in [-0.39, 0.29) is 11.8 Å². The van der Waals surface area contributed by atoms with Crippen LogP contribution < -0.4 is 10.7 Å². The van der Waals surface area contributed by atoms with Gasteiger partial charge in [0.15, 0.2) is 0 Å². The molecule has 0 aliphatic carbocycles. The summed E-state index contributed by atoms with van der Waals surface area (Å²) >= 11 is 1.32. The minimum Gasteiger partial charge on any atom is -0.317 e. The topological polar surface area (TPSA) is 70.6 Å². The van der Waals surface area contributed by atoms with Crippen LogP contribution >= 0.6 is 11.3 Å². The minimum absolute atomic E-state index is 0.111. The fourth-order valence-corrected chi connectivity index (χ4v) is 2.70. The molecule has 0 atom stereocenters. The van der Waals surface area contributed by atoms with Crippen LogP contribution in [-0.4, -0.2) is 17.5 Å². The smallest absolute Gasteiger partial charge is 0.274 e. The SMILES string of the molecule is CC(C)=NNC(=O)c1ccsc1NC(=O)CCc1ccccc1. The Labute approximate surface area is 139 Å². The molecule has 2 aromatic rings. The van der Waals surface area contributed by atoms with Crippen LogP contribution in [0.25, 0.3) is 0 Å². The number of rotatable bonds is 6. The quantitative estimate of drug-likeness (QED) is 0.629. The highest BCUT2D eigenvalue weighted by Crippen LogP contribution is 2.23. The van der Waals surface area contributed by atoms with Gasteiger partial charge in [0.05, 0.1) is 5.56 Å². The number of anilines is 1. The van der Waals surface area contributed by atoms with Gasteiger partial charge >= 0.3 is 0 Å². The number of nitrogens with one attached hydrogen (secondary N) is 2. The third-order valence-corrected chi connectivity index (χ3v) is 3.86. The van der Waals surface area contributed by atoms with Gasteiger partial charge in [-0.15, -0.1) is 11.3 Å². The Kier molecular flexibility index (Phi) is 6.05. The molecule has 0 spiro atoms. The first kappa shape index (κ1) is 16.9. The number of benzene rings is 1. The second-order valence-electron chi connectivity index (χ2n) is 5.20. The summed E-state index contributed by atoms with van der Waals surface area (Å²) in [6.45, 7) is 3.58. The second kappa shape index (κ2) is 8.24. The maximum atomic E-state index is 12.1. The van der Waals surface area contributed by atoms with Crippen molar-refractivity contribution in [3.63, 3.8) is 0 Å². The molecular formula is C17H19N3O2S. The third kappa shape index (κ3) is 5.34. The van der Waals surface area contributed by atoms with Crippen molar-refractivity contribution in [2.75, 3.05) is 5.32 Å². The Morgan fingerprint density at radius 1 is 1.13 bits per heavy atom. The summed E-state index contributed by atoms with van der Waals surface area (Å²) in [5, 5.41) is 9.00. The molecule has 0 bridgehead atoms. The molecule has 0 fully saturated rings.